The van der Waals surface area contributed by atoms with Crippen LogP contribution in [0.1, 0.15) is 34.6 Å². The van der Waals surface area contributed by atoms with Gasteiger partial charge in [0, 0.05) is 19.5 Å². The highest BCUT2D eigenvalue weighted by molar-refractivity contribution is 7.26. The Morgan fingerprint density at radius 2 is 1.67 bits per heavy atom. The van der Waals surface area contributed by atoms with Gasteiger partial charge >= 0.3 is 0 Å². The standard InChI is InChI=1S/C17H16OS3/c1-3-12-13(4-2)17(15-8-7-11(10-18)20-15)21-16(12)14-6-5-9-19-14/h5-10H,3-4H2,1-2H3. The van der Waals surface area contributed by atoms with Gasteiger partial charge in [0.25, 0.3) is 0 Å². The van der Waals surface area contributed by atoms with E-state index in [9.17, 15) is 4.79 Å². The van der Waals surface area contributed by atoms with E-state index in [1.54, 1.807) is 22.7 Å². The zero-order valence-electron chi connectivity index (χ0n) is 12.0. The summed E-state index contributed by atoms with van der Waals surface area (Å²) < 4.78 is 0. The Morgan fingerprint density at radius 1 is 0.952 bits per heavy atom. The van der Waals surface area contributed by atoms with Crippen LogP contribution in [0.2, 0.25) is 0 Å². The van der Waals surface area contributed by atoms with E-state index >= 15 is 0 Å². The third kappa shape index (κ3) is 2.63. The summed E-state index contributed by atoms with van der Waals surface area (Å²) in [5.41, 5.74) is 2.92. The summed E-state index contributed by atoms with van der Waals surface area (Å²) >= 11 is 5.27. The van der Waals surface area contributed by atoms with Gasteiger partial charge in [-0.1, -0.05) is 19.9 Å². The zero-order valence-corrected chi connectivity index (χ0v) is 14.5. The van der Waals surface area contributed by atoms with Crippen LogP contribution in [-0.2, 0) is 12.8 Å². The van der Waals surface area contributed by atoms with E-state index in [4.69, 9.17) is 0 Å². The van der Waals surface area contributed by atoms with Crippen molar-refractivity contribution in [1.29, 1.82) is 0 Å². The molecule has 0 amide bonds. The maximum absolute atomic E-state index is 10.9. The number of rotatable bonds is 5. The van der Waals surface area contributed by atoms with Crippen molar-refractivity contribution in [3.63, 3.8) is 0 Å². The molecule has 0 spiro atoms. The molecule has 3 rings (SSSR count). The minimum Gasteiger partial charge on any atom is -0.297 e. The summed E-state index contributed by atoms with van der Waals surface area (Å²) in [5, 5.41) is 2.13. The fourth-order valence-corrected chi connectivity index (χ4v) is 5.91. The first kappa shape index (κ1) is 14.7. The molecule has 0 atom stereocenters. The Kier molecular flexibility index (Phi) is 4.38. The van der Waals surface area contributed by atoms with Gasteiger partial charge in [-0.2, -0.15) is 0 Å². The lowest BCUT2D eigenvalue weighted by Gasteiger charge is -2.03. The molecule has 0 aromatic carbocycles. The lowest BCUT2D eigenvalue weighted by Crippen LogP contribution is -1.88. The van der Waals surface area contributed by atoms with Crippen molar-refractivity contribution in [3.05, 3.63) is 45.6 Å². The third-order valence-electron chi connectivity index (χ3n) is 3.54. The number of hydrogen-bond acceptors (Lipinski definition) is 4. The molecule has 3 heterocycles. The highest BCUT2D eigenvalue weighted by atomic mass is 32.1. The fourth-order valence-electron chi connectivity index (χ4n) is 2.59. The second-order valence-corrected chi connectivity index (χ2v) is 7.81. The van der Waals surface area contributed by atoms with Crippen molar-refractivity contribution in [3.8, 4) is 19.5 Å². The van der Waals surface area contributed by atoms with E-state index in [1.165, 1.54) is 30.6 Å². The van der Waals surface area contributed by atoms with Gasteiger partial charge in [-0.05, 0) is 47.5 Å². The Hall–Kier alpha value is -1.23. The molecular weight excluding hydrogens is 316 g/mol. The Bertz CT molecular complexity index is 747. The summed E-state index contributed by atoms with van der Waals surface area (Å²) in [4.78, 5) is 17.1. The zero-order chi connectivity index (χ0) is 14.8. The summed E-state index contributed by atoms with van der Waals surface area (Å²) in [7, 11) is 0. The highest BCUT2D eigenvalue weighted by Gasteiger charge is 2.19. The van der Waals surface area contributed by atoms with Crippen LogP contribution >= 0.6 is 34.0 Å². The summed E-state index contributed by atoms with van der Waals surface area (Å²) in [6.45, 7) is 4.45. The van der Waals surface area contributed by atoms with Crippen LogP contribution in [-0.4, -0.2) is 6.29 Å². The fraction of sp³-hybridized carbons (Fsp3) is 0.235. The van der Waals surface area contributed by atoms with Crippen LogP contribution in [0.4, 0.5) is 0 Å². The van der Waals surface area contributed by atoms with Crippen molar-refractivity contribution in [2.75, 3.05) is 0 Å². The number of carbonyl (C=O) groups excluding carboxylic acids is 1. The highest BCUT2D eigenvalue weighted by Crippen LogP contribution is 2.45. The first-order valence-electron chi connectivity index (χ1n) is 7.02. The largest absolute Gasteiger partial charge is 0.297 e. The number of aldehydes is 1. The first-order valence-corrected chi connectivity index (χ1v) is 9.53. The Balaban J connectivity index is 2.18. The molecule has 0 saturated carbocycles. The van der Waals surface area contributed by atoms with Crippen molar-refractivity contribution in [1.82, 2.24) is 0 Å². The van der Waals surface area contributed by atoms with E-state index in [-0.39, 0.29) is 0 Å². The van der Waals surface area contributed by atoms with Crippen LogP contribution in [0, 0.1) is 0 Å². The summed E-state index contributed by atoms with van der Waals surface area (Å²) in [5.74, 6) is 0. The molecule has 3 aromatic heterocycles. The predicted octanol–water partition coefficient (Wildman–Crippen LogP) is 6.14. The van der Waals surface area contributed by atoms with Gasteiger partial charge < -0.3 is 0 Å². The van der Waals surface area contributed by atoms with E-state index in [0.717, 1.165) is 24.0 Å². The molecule has 0 unspecified atom stereocenters. The molecule has 21 heavy (non-hydrogen) atoms. The molecule has 0 aliphatic rings. The van der Waals surface area contributed by atoms with Gasteiger partial charge in [0.2, 0.25) is 0 Å². The number of thiophene rings is 3. The molecule has 0 radical (unpaired) electrons. The molecular formula is C17H16OS3. The van der Waals surface area contributed by atoms with Crippen molar-refractivity contribution in [2.45, 2.75) is 26.7 Å². The normalized spacial score (nSPS) is 11.0. The van der Waals surface area contributed by atoms with Crippen LogP contribution in [0.15, 0.2) is 29.6 Å². The van der Waals surface area contributed by atoms with E-state index in [1.807, 2.05) is 17.4 Å². The number of carbonyl (C=O) groups is 1. The molecule has 4 heteroatoms. The Morgan fingerprint density at radius 3 is 2.19 bits per heavy atom. The molecule has 0 fully saturated rings. The maximum Gasteiger partial charge on any atom is 0.160 e. The minimum absolute atomic E-state index is 0.802. The molecule has 0 bridgehead atoms. The number of hydrogen-bond donors (Lipinski definition) is 0. The average Bonchev–Trinajstić information content (AvgIpc) is 3.23. The van der Waals surface area contributed by atoms with Crippen LogP contribution in [0.5, 0.6) is 0 Å². The van der Waals surface area contributed by atoms with Gasteiger partial charge in [-0.15, -0.1) is 34.0 Å². The molecule has 1 nitrogen and oxygen atoms in total. The molecule has 3 aromatic rings. The molecule has 0 aliphatic heterocycles. The average molecular weight is 333 g/mol. The van der Waals surface area contributed by atoms with E-state index in [0.29, 0.717) is 0 Å². The smallest absolute Gasteiger partial charge is 0.160 e. The SMILES string of the molecule is CCc1c(-c2cccs2)sc(-c2ccc(C=O)s2)c1CC. The van der Waals surface area contributed by atoms with Gasteiger partial charge in [-0.25, -0.2) is 0 Å². The van der Waals surface area contributed by atoms with Crippen molar-refractivity contribution >= 4 is 40.3 Å². The monoisotopic (exact) mass is 332 g/mol. The molecule has 0 N–H and O–H groups in total. The lowest BCUT2D eigenvalue weighted by atomic mass is 10.0. The topological polar surface area (TPSA) is 17.1 Å². The third-order valence-corrected chi connectivity index (χ3v) is 7.05. The van der Waals surface area contributed by atoms with Gasteiger partial charge in [0.05, 0.1) is 4.88 Å². The van der Waals surface area contributed by atoms with Crippen LogP contribution < -0.4 is 0 Å². The second kappa shape index (κ2) is 6.26. The maximum atomic E-state index is 10.9. The molecule has 108 valence electrons. The van der Waals surface area contributed by atoms with Gasteiger partial charge in [0.1, 0.15) is 0 Å². The lowest BCUT2D eigenvalue weighted by molar-refractivity contribution is 0.112. The first-order chi connectivity index (χ1) is 10.3. The molecule has 0 saturated heterocycles. The Labute approximate surface area is 136 Å². The van der Waals surface area contributed by atoms with Crippen molar-refractivity contribution in [2.24, 2.45) is 0 Å². The van der Waals surface area contributed by atoms with Crippen LogP contribution in [0.25, 0.3) is 19.5 Å². The summed E-state index contributed by atoms with van der Waals surface area (Å²) in [6, 6.07) is 8.31. The van der Waals surface area contributed by atoms with Gasteiger partial charge in [-0.3, -0.25) is 4.79 Å². The van der Waals surface area contributed by atoms with E-state index in [2.05, 4.69) is 37.4 Å². The van der Waals surface area contributed by atoms with E-state index < -0.39 is 0 Å². The van der Waals surface area contributed by atoms with Gasteiger partial charge in [0.15, 0.2) is 6.29 Å². The van der Waals surface area contributed by atoms with Crippen molar-refractivity contribution < 1.29 is 4.79 Å². The minimum atomic E-state index is 0.802. The molecule has 0 aliphatic carbocycles. The summed E-state index contributed by atoms with van der Waals surface area (Å²) in [6.07, 6.45) is 3.03. The predicted molar refractivity (Wildman–Crippen MR) is 95.1 cm³/mol. The second-order valence-electron chi connectivity index (χ2n) is 4.72. The quantitative estimate of drug-likeness (QED) is 0.513. The van der Waals surface area contributed by atoms with Crippen LogP contribution in [0.3, 0.4) is 0 Å².